The van der Waals surface area contributed by atoms with E-state index < -0.39 is 5.82 Å². The Morgan fingerprint density at radius 2 is 1.95 bits per heavy atom. The third-order valence-electron chi connectivity index (χ3n) is 3.10. The summed E-state index contributed by atoms with van der Waals surface area (Å²) in [5.74, 6) is -0.397. The molecule has 0 aliphatic carbocycles. The van der Waals surface area contributed by atoms with Crippen molar-refractivity contribution in [3.63, 3.8) is 0 Å². The van der Waals surface area contributed by atoms with Gasteiger partial charge in [0.05, 0.1) is 5.02 Å². The van der Waals surface area contributed by atoms with Crippen molar-refractivity contribution in [3.8, 4) is 0 Å². The molecule has 0 radical (unpaired) electrons. The molecule has 0 amide bonds. The zero-order valence-corrected chi connectivity index (χ0v) is 12.0. The van der Waals surface area contributed by atoms with Crippen LogP contribution in [0.3, 0.4) is 0 Å². The molecule has 0 saturated heterocycles. The molecule has 0 bridgehead atoms. The summed E-state index contributed by atoms with van der Waals surface area (Å²) in [5.41, 5.74) is 8.63. The molecular formula is C15H14Cl2FN. The molecule has 1 nitrogen and oxygen atoms in total. The Kier molecular flexibility index (Phi) is 4.46. The Morgan fingerprint density at radius 1 is 1.21 bits per heavy atom. The molecule has 19 heavy (non-hydrogen) atoms. The average molecular weight is 298 g/mol. The summed E-state index contributed by atoms with van der Waals surface area (Å²) < 4.78 is 13.8. The fourth-order valence-electron chi connectivity index (χ4n) is 2.11. The van der Waals surface area contributed by atoms with E-state index in [1.165, 1.54) is 6.07 Å². The molecule has 2 aromatic rings. The van der Waals surface area contributed by atoms with Gasteiger partial charge in [-0.3, -0.25) is 0 Å². The minimum atomic E-state index is -0.397. The molecule has 0 aromatic heterocycles. The summed E-state index contributed by atoms with van der Waals surface area (Å²) in [6, 6.07) is 10.2. The van der Waals surface area contributed by atoms with E-state index in [4.69, 9.17) is 28.9 Å². The van der Waals surface area contributed by atoms with Gasteiger partial charge in [0, 0.05) is 11.1 Å². The van der Waals surface area contributed by atoms with E-state index in [2.05, 4.69) is 0 Å². The first-order valence-corrected chi connectivity index (χ1v) is 6.69. The largest absolute Gasteiger partial charge is 0.324 e. The fraction of sp³-hybridized carbons (Fsp3) is 0.200. The van der Waals surface area contributed by atoms with Crippen molar-refractivity contribution in [1.29, 1.82) is 0 Å². The highest BCUT2D eigenvalue weighted by Gasteiger charge is 2.14. The highest BCUT2D eigenvalue weighted by molar-refractivity contribution is 6.31. The third kappa shape index (κ3) is 3.27. The summed E-state index contributed by atoms with van der Waals surface area (Å²) in [6.45, 7) is 1.94. The molecule has 0 spiro atoms. The maximum atomic E-state index is 13.8. The van der Waals surface area contributed by atoms with Crippen molar-refractivity contribution in [2.24, 2.45) is 5.73 Å². The van der Waals surface area contributed by atoms with Crippen LogP contribution in [0.2, 0.25) is 10.0 Å². The number of rotatable bonds is 3. The second kappa shape index (κ2) is 5.91. The van der Waals surface area contributed by atoms with Crippen LogP contribution in [0.4, 0.5) is 4.39 Å². The summed E-state index contributed by atoms with van der Waals surface area (Å²) in [5, 5.41) is 0.792. The Bertz CT molecular complexity index is 599. The minimum Gasteiger partial charge on any atom is -0.324 e. The molecule has 0 saturated carbocycles. The van der Waals surface area contributed by atoms with Crippen LogP contribution in [-0.2, 0) is 6.42 Å². The SMILES string of the molecule is Cc1cc(Cl)ccc1C(N)Cc1cccc(Cl)c1F. The molecule has 1 unspecified atom stereocenters. The molecule has 100 valence electrons. The summed E-state index contributed by atoms with van der Waals surface area (Å²) in [7, 11) is 0. The lowest BCUT2D eigenvalue weighted by Crippen LogP contribution is -2.15. The molecule has 2 rings (SSSR count). The molecule has 0 aliphatic rings. The van der Waals surface area contributed by atoms with Crippen molar-refractivity contribution >= 4 is 23.2 Å². The normalized spacial score (nSPS) is 12.5. The van der Waals surface area contributed by atoms with E-state index in [0.717, 1.165) is 11.1 Å². The van der Waals surface area contributed by atoms with E-state index in [1.807, 2.05) is 19.1 Å². The smallest absolute Gasteiger partial charge is 0.145 e. The van der Waals surface area contributed by atoms with Crippen LogP contribution in [0.15, 0.2) is 36.4 Å². The number of nitrogens with two attached hydrogens (primary N) is 1. The first kappa shape index (κ1) is 14.3. The number of aryl methyl sites for hydroxylation is 1. The second-order valence-corrected chi connectivity index (χ2v) is 5.37. The van der Waals surface area contributed by atoms with Crippen LogP contribution in [0.25, 0.3) is 0 Å². The Morgan fingerprint density at radius 3 is 2.63 bits per heavy atom. The van der Waals surface area contributed by atoms with Crippen LogP contribution in [0, 0.1) is 12.7 Å². The first-order chi connectivity index (χ1) is 8.99. The van der Waals surface area contributed by atoms with Gasteiger partial charge in [-0.05, 0) is 48.2 Å². The number of hydrogen-bond donors (Lipinski definition) is 1. The third-order valence-corrected chi connectivity index (χ3v) is 3.63. The quantitative estimate of drug-likeness (QED) is 0.874. The van der Waals surface area contributed by atoms with Gasteiger partial charge in [-0.2, -0.15) is 0 Å². The highest BCUT2D eigenvalue weighted by atomic mass is 35.5. The maximum Gasteiger partial charge on any atom is 0.145 e. The predicted molar refractivity (Wildman–Crippen MR) is 78.2 cm³/mol. The van der Waals surface area contributed by atoms with Crippen LogP contribution in [-0.4, -0.2) is 0 Å². The van der Waals surface area contributed by atoms with E-state index >= 15 is 0 Å². The van der Waals surface area contributed by atoms with Gasteiger partial charge in [0.1, 0.15) is 5.82 Å². The van der Waals surface area contributed by atoms with Crippen molar-refractivity contribution in [2.75, 3.05) is 0 Å². The lowest BCUT2D eigenvalue weighted by molar-refractivity contribution is 0.593. The van der Waals surface area contributed by atoms with Gasteiger partial charge in [0.15, 0.2) is 0 Å². The molecule has 4 heteroatoms. The molecule has 2 N–H and O–H groups in total. The van der Waals surface area contributed by atoms with Crippen molar-refractivity contribution in [3.05, 3.63) is 69.0 Å². The van der Waals surface area contributed by atoms with Gasteiger partial charge >= 0.3 is 0 Å². The Hall–Kier alpha value is -1.09. The van der Waals surface area contributed by atoms with Gasteiger partial charge in [0.2, 0.25) is 0 Å². The number of benzene rings is 2. The Balaban J connectivity index is 2.25. The Labute approximate surface area is 122 Å². The van der Waals surface area contributed by atoms with Gasteiger partial charge in [-0.25, -0.2) is 4.39 Å². The lowest BCUT2D eigenvalue weighted by atomic mass is 9.96. The zero-order chi connectivity index (χ0) is 14.0. The van der Waals surface area contributed by atoms with Crippen molar-refractivity contribution in [2.45, 2.75) is 19.4 Å². The number of hydrogen-bond acceptors (Lipinski definition) is 1. The van der Waals surface area contributed by atoms with Crippen LogP contribution in [0.5, 0.6) is 0 Å². The molecule has 0 heterocycles. The van der Waals surface area contributed by atoms with Crippen molar-refractivity contribution in [1.82, 2.24) is 0 Å². The maximum absolute atomic E-state index is 13.8. The summed E-state index contributed by atoms with van der Waals surface area (Å²) >= 11 is 11.7. The molecule has 1 atom stereocenters. The van der Waals surface area contributed by atoms with E-state index in [9.17, 15) is 4.39 Å². The van der Waals surface area contributed by atoms with Crippen LogP contribution in [0.1, 0.15) is 22.7 Å². The van der Waals surface area contributed by atoms with Gasteiger partial charge in [-0.15, -0.1) is 0 Å². The van der Waals surface area contributed by atoms with Gasteiger partial charge in [-0.1, -0.05) is 41.4 Å². The highest BCUT2D eigenvalue weighted by Crippen LogP contribution is 2.25. The monoisotopic (exact) mass is 297 g/mol. The minimum absolute atomic E-state index is 0.123. The van der Waals surface area contributed by atoms with Gasteiger partial charge < -0.3 is 5.73 Å². The summed E-state index contributed by atoms with van der Waals surface area (Å²) in [6.07, 6.45) is 0.398. The first-order valence-electron chi connectivity index (χ1n) is 5.93. The second-order valence-electron chi connectivity index (χ2n) is 4.52. The zero-order valence-electron chi connectivity index (χ0n) is 10.5. The molecule has 2 aromatic carbocycles. The van der Waals surface area contributed by atoms with Crippen molar-refractivity contribution < 1.29 is 4.39 Å². The van der Waals surface area contributed by atoms with Crippen LogP contribution >= 0.6 is 23.2 Å². The van der Waals surface area contributed by atoms with E-state index in [-0.39, 0.29) is 11.1 Å². The average Bonchev–Trinajstić information content (AvgIpc) is 2.34. The topological polar surface area (TPSA) is 26.0 Å². The standard InChI is InChI=1S/C15H14Cl2FN/c1-9-7-11(16)5-6-12(9)14(19)8-10-3-2-4-13(17)15(10)18/h2-7,14H,8,19H2,1H3. The van der Waals surface area contributed by atoms with Crippen LogP contribution < -0.4 is 5.73 Å². The lowest BCUT2D eigenvalue weighted by Gasteiger charge is -2.16. The number of halogens is 3. The van der Waals surface area contributed by atoms with E-state index in [0.29, 0.717) is 17.0 Å². The fourth-order valence-corrected chi connectivity index (χ4v) is 2.53. The summed E-state index contributed by atoms with van der Waals surface area (Å²) in [4.78, 5) is 0. The molecular weight excluding hydrogens is 284 g/mol. The van der Waals surface area contributed by atoms with Gasteiger partial charge in [0.25, 0.3) is 0 Å². The molecule has 0 aliphatic heterocycles. The molecule has 0 fully saturated rings. The predicted octanol–water partition coefficient (Wildman–Crippen LogP) is 4.68. The van der Waals surface area contributed by atoms with E-state index in [1.54, 1.807) is 18.2 Å².